The van der Waals surface area contributed by atoms with Gasteiger partial charge in [0.1, 0.15) is 0 Å². The van der Waals surface area contributed by atoms with Gasteiger partial charge in [-0.3, -0.25) is 4.79 Å². The number of rotatable bonds is 6. The van der Waals surface area contributed by atoms with E-state index in [2.05, 4.69) is 5.32 Å². The molecule has 1 unspecified atom stereocenters. The number of nitrogens with two attached hydrogens (primary N) is 1. The first-order valence-electron chi connectivity index (χ1n) is 4.96. The minimum absolute atomic E-state index is 0.00618. The minimum Gasteiger partial charge on any atom is -0.355 e. The van der Waals surface area contributed by atoms with Crippen LogP contribution in [-0.4, -0.2) is 30.3 Å². The standard InChI is InChI=1S/C9H17F3N2OS/c1-6(2)7(5-13)8(15)14-3-4-16-9(10,11)12/h6-7H,3-5,13H2,1-2H3,(H,14,15). The number of alkyl halides is 3. The third-order valence-corrected chi connectivity index (χ3v) is 2.80. The van der Waals surface area contributed by atoms with Crippen LogP contribution in [-0.2, 0) is 4.79 Å². The first-order chi connectivity index (χ1) is 7.28. The predicted molar refractivity (Wildman–Crippen MR) is 58.9 cm³/mol. The van der Waals surface area contributed by atoms with Crippen LogP contribution in [0.3, 0.4) is 0 Å². The Hall–Kier alpha value is -0.430. The molecule has 0 saturated heterocycles. The summed E-state index contributed by atoms with van der Waals surface area (Å²) in [4.78, 5) is 11.5. The van der Waals surface area contributed by atoms with Crippen LogP contribution < -0.4 is 11.1 Å². The van der Waals surface area contributed by atoms with E-state index in [-0.39, 0.29) is 48.3 Å². The minimum atomic E-state index is -4.24. The Morgan fingerprint density at radius 3 is 2.38 bits per heavy atom. The molecule has 96 valence electrons. The van der Waals surface area contributed by atoms with Crippen molar-refractivity contribution in [3.8, 4) is 0 Å². The fourth-order valence-corrected chi connectivity index (χ4v) is 1.59. The van der Waals surface area contributed by atoms with Gasteiger partial charge in [0, 0.05) is 18.8 Å². The Balaban J connectivity index is 3.81. The SMILES string of the molecule is CC(C)C(CN)C(=O)NCCSC(F)(F)F. The smallest absolute Gasteiger partial charge is 0.355 e. The summed E-state index contributed by atoms with van der Waals surface area (Å²) in [5.41, 5.74) is 1.16. The van der Waals surface area contributed by atoms with Crippen LogP contribution in [0, 0.1) is 11.8 Å². The van der Waals surface area contributed by atoms with Crippen molar-refractivity contribution in [1.29, 1.82) is 0 Å². The second-order valence-electron chi connectivity index (χ2n) is 3.67. The van der Waals surface area contributed by atoms with Crippen molar-refractivity contribution in [3.05, 3.63) is 0 Å². The summed E-state index contributed by atoms with van der Waals surface area (Å²) in [6.07, 6.45) is 0. The molecule has 16 heavy (non-hydrogen) atoms. The molecule has 0 saturated carbocycles. The number of nitrogens with one attached hydrogen (secondary N) is 1. The van der Waals surface area contributed by atoms with Crippen molar-refractivity contribution in [2.24, 2.45) is 17.6 Å². The van der Waals surface area contributed by atoms with Gasteiger partial charge in [0.05, 0.1) is 5.92 Å². The molecule has 0 aromatic heterocycles. The highest BCUT2D eigenvalue weighted by molar-refractivity contribution is 8.00. The maximum absolute atomic E-state index is 11.8. The highest BCUT2D eigenvalue weighted by Crippen LogP contribution is 2.29. The van der Waals surface area contributed by atoms with Gasteiger partial charge in [-0.05, 0) is 17.7 Å². The molecule has 1 amide bonds. The highest BCUT2D eigenvalue weighted by atomic mass is 32.2. The van der Waals surface area contributed by atoms with Gasteiger partial charge in [0.2, 0.25) is 5.91 Å². The number of carbonyl (C=O) groups excluding carboxylic acids is 1. The zero-order chi connectivity index (χ0) is 12.8. The lowest BCUT2D eigenvalue weighted by atomic mass is 9.95. The van der Waals surface area contributed by atoms with Crippen molar-refractivity contribution in [2.75, 3.05) is 18.8 Å². The van der Waals surface area contributed by atoms with Crippen molar-refractivity contribution in [3.63, 3.8) is 0 Å². The van der Waals surface area contributed by atoms with E-state index in [9.17, 15) is 18.0 Å². The predicted octanol–water partition coefficient (Wildman–Crippen LogP) is 1.59. The highest BCUT2D eigenvalue weighted by Gasteiger charge is 2.27. The molecule has 0 aromatic rings. The fraction of sp³-hybridized carbons (Fsp3) is 0.889. The molecule has 0 fully saturated rings. The summed E-state index contributed by atoms with van der Waals surface area (Å²) in [7, 11) is 0. The Kier molecular flexibility index (Phi) is 6.82. The van der Waals surface area contributed by atoms with Crippen molar-refractivity contribution < 1.29 is 18.0 Å². The van der Waals surface area contributed by atoms with Gasteiger partial charge < -0.3 is 11.1 Å². The van der Waals surface area contributed by atoms with Gasteiger partial charge in [-0.2, -0.15) is 13.2 Å². The maximum atomic E-state index is 11.8. The van der Waals surface area contributed by atoms with E-state index in [0.717, 1.165) is 0 Å². The largest absolute Gasteiger partial charge is 0.441 e. The van der Waals surface area contributed by atoms with Crippen LogP contribution in [0.5, 0.6) is 0 Å². The second-order valence-corrected chi connectivity index (χ2v) is 4.83. The molecular weight excluding hydrogens is 241 g/mol. The molecule has 0 bridgehead atoms. The Labute approximate surface area is 97.3 Å². The van der Waals surface area contributed by atoms with Gasteiger partial charge in [-0.25, -0.2) is 0 Å². The summed E-state index contributed by atoms with van der Waals surface area (Å²) in [5, 5.41) is 2.45. The van der Waals surface area contributed by atoms with Crippen LogP contribution >= 0.6 is 11.8 Å². The van der Waals surface area contributed by atoms with Crippen molar-refractivity contribution in [1.82, 2.24) is 5.32 Å². The van der Waals surface area contributed by atoms with Gasteiger partial charge in [0.15, 0.2) is 0 Å². The molecule has 0 aliphatic heterocycles. The van der Waals surface area contributed by atoms with E-state index in [4.69, 9.17) is 5.73 Å². The zero-order valence-corrected chi connectivity index (χ0v) is 10.1. The van der Waals surface area contributed by atoms with Crippen molar-refractivity contribution in [2.45, 2.75) is 19.4 Å². The molecular formula is C9H17F3N2OS. The molecule has 0 aliphatic rings. The number of hydrogen-bond acceptors (Lipinski definition) is 3. The second kappa shape index (κ2) is 7.01. The third kappa shape index (κ3) is 6.95. The summed E-state index contributed by atoms with van der Waals surface area (Å²) in [6, 6.07) is 0. The average molecular weight is 258 g/mol. The number of thioether (sulfide) groups is 1. The Morgan fingerprint density at radius 2 is 2.00 bits per heavy atom. The maximum Gasteiger partial charge on any atom is 0.441 e. The molecule has 7 heteroatoms. The summed E-state index contributed by atoms with van der Waals surface area (Å²) < 4.78 is 35.3. The number of hydrogen-bond donors (Lipinski definition) is 2. The van der Waals surface area contributed by atoms with Gasteiger partial charge >= 0.3 is 5.51 Å². The van der Waals surface area contributed by atoms with E-state index in [1.807, 2.05) is 13.8 Å². The molecule has 3 N–H and O–H groups in total. The van der Waals surface area contributed by atoms with Crippen LogP contribution in [0.25, 0.3) is 0 Å². The first-order valence-corrected chi connectivity index (χ1v) is 5.95. The molecule has 0 spiro atoms. The van der Waals surface area contributed by atoms with Crippen LogP contribution in [0.4, 0.5) is 13.2 Å². The molecule has 0 heterocycles. The van der Waals surface area contributed by atoms with Crippen LogP contribution in [0.2, 0.25) is 0 Å². The molecule has 3 nitrogen and oxygen atoms in total. The number of carbonyl (C=O) groups is 1. The third-order valence-electron chi connectivity index (χ3n) is 2.06. The fourth-order valence-electron chi connectivity index (χ4n) is 1.15. The summed E-state index contributed by atoms with van der Waals surface area (Å²) >= 11 is -0.143. The lowest BCUT2D eigenvalue weighted by molar-refractivity contribution is -0.125. The van der Waals surface area contributed by atoms with E-state index in [1.54, 1.807) is 0 Å². The van der Waals surface area contributed by atoms with Crippen LogP contribution in [0.1, 0.15) is 13.8 Å². The summed E-state index contributed by atoms with van der Waals surface area (Å²) in [6.45, 7) is 3.91. The topological polar surface area (TPSA) is 55.1 Å². The lowest BCUT2D eigenvalue weighted by Crippen LogP contribution is -2.39. The average Bonchev–Trinajstić information content (AvgIpc) is 2.11. The Morgan fingerprint density at radius 1 is 1.44 bits per heavy atom. The van der Waals surface area contributed by atoms with Crippen LogP contribution in [0.15, 0.2) is 0 Å². The Bertz CT molecular complexity index is 221. The molecule has 0 aromatic carbocycles. The molecule has 0 rings (SSSR count). The van der Waals surface area contributed by atoms with E-state index >= 15 is 0 Å². The van der Waals surface area contributed by atoms with Gasteiger partial charge in [-0.1, -0.05) is 13.8 Å². The number of halogens is 3. The van der Waals surface area contributed by atoms with E-state index in [0.29, 0.717) is 0 Å². The quantitative estimate of drug-likeness (QED) is 0.711. The molecule has 0 aliphatic carbocycles. The summed E-state index contributed by atoms with van der Waals surface area (Å²) in [5.74, 6) is -0.707. The van der Waals surface area contributed by atoms with E-state index in [1.165, 1.54) is 0 Å². The van der Waals surface area contributed by atoms with E-state index < -0.39 is 5.51 Å². The number of amides is 1. The zero-order valence-electron chi connectivity index (χ0n) is 9.30. The van der Waals surface area contributed by atoms with Gasteiger partial charge in [-0.15, -0.1) is 0 Å². The monoisotopic (exact) mass is 258 g/mol. The van der Waals surface area contributed by atoms with Crippen molar-refractivity contribution >= 4 is 17.7 Å². The normalized spacial score (nSPS) is 13.9. The molecule has 1 atom stereocenters. The first kappa shape index (κ1) is 15.6. The molecule has 0 radical (unpaired) electrons. The van der Waals surface area contributed by atoms with Gasteiger partial charge in [0.25, 0.3) is 0 Å². The lowest BCUT2D eigenvalue weighted by Gasteiger charge is -2.18.